The summed E-state index contributed by atoms with van der Waals surface area (Å²) in [5, 5.41) is 1.01. The standard InChI is InChI=1S/C39H25N3O/c1-4-11-26(12-5-1)31-17-10-18-33-36-38(43-37(31)33)32(23-24-40-36)27-19-21-30(22-20-27)39-41-34(28-13-6-2-7-14-28)25-35(42-39)29-15-8-3-9-16-29/h1-25H. The van der Waals surface area contributed by atoms with Crippen LogP contribution in [-0.4, -0.2) is 15.0 Å². The molecule has 0 bridgehead atoms. The van der Waals surface area contributed by atoms with Gasteiger partial charge in [-0.2, -0.15) is 0 Å². The minimum absolute atomic E-state index is 0.683. The minimum atomic E-state index is 0.683. The van der Waals surface area contributed by atoms with E-state index in [1.54, 1.807) is 0 Å². The molecule has 3 aromatic heterocycles. The number of furan rings is 1. The van der Waals surface area contributed by atoms with Crippen LogP contribution in [0.15, 0.2) is 156 Å². The molecular formula is C39H25N3O. The highest BCUT2D eigenvalue weighted by Gasteiger charge is 2.17. The van der Waals surface area contributed by atoms with Crippen LogP contribution in [0.5, 0.6) is 0 Å². The van der Waals surface area contributed by atoms with E-state index in [1.807, 2.05) is 66.9 Å². The number of benzene rings is 5. The molecule has 0 radical (unpaired) electrons. The van der Waals surface area contributed by atoms with Crippen LogP contribution in [0.25, 0.3) is 78.2 Å². The lowest BCUT2D eigenvalue weighted by Gasteiger charge is -2.10. The summed E-state index contributed by atoms with van der Waals surface area (Å²) in [6, 6.07) is 49.5. The zero-order valence-electron chi connectivity index (χ0n) is 23.2. The molecule has 4 nitrogen and oxygen atoms in total. The average molecular weight is 552 g/mol. The summed E-state index contributed by atoms with van der Waals surface area (Å²) in [6.45, 7) is 0. The van der Waals surface area contributed by atoms with Gasteiger partial charge in [-0.3, -0.25) is 4.98 Å². The molecule has 0 fully saturated rings. The van der Waals surface area contributed by atoms with E-state index in [2.05, 4.69) is 84.9 Å². The monoisotopic (exact) mass is 551 g/mol. The van der Waals surface area contributed by atoms with Crippen LogP contribution in [-0.2, 0) is 0 Å². The number of hydrogen-bond donors (Lipinski definition) is 0. The molecule has 5 aromatic carbocycles. The number of pyridine rings is 1. The molecule has 0 amide bonds. The predicted octanol–water partition coefficient (Wildman–Crippen LogP) is 10.1. The van der Waals surface area contributed by atoms with E-state index >= 15 is 0 Å². The third kappa shape index (κ3) is 4.55. The summed E-state index contributed by atoms with van der Waals surface area (Å²) in [4.78, 5) is 14.7. The van der Waals surface area contributed by atoms with Gasteiger partial charge in [-0.25, -0.2) is 9.97 Å². The Morgan fingerprint density at radius 2 is 0.953 bits per heavy atom. The third-order valence-corrected chi connectivity index (χ3v) is 7.78. The fraction of sp³-hybridized carbons (Fsp3) is 0. The molecule has 0 unspecified atom stereocenters. The van der Waals surface area contributed by atoms with E-state index in [1.165, 1.54) is 0 Å². The van der Waals surface area contributed by atoms with E-state index in [-0.39, 0.29) is 0 Å². The molecule has 202 valence electrons. The van der Waals surface area contributed by atoms with Gasteiger partial charge in [0.25, 0.3) is 0 Å². The van der Waals surface area contributed by atoms with Crippen LogP contribution in [0.2, 0.25) is 0 Å². The first kappa shape index (κ1) is 24.9. The van der Waals surface area contributed by atoms with E-state index < -0.39 is 0 Å². The summed E-state index contributed by atoms with van der Waals surface area (Å²) in [5.41, 5.74) is 11.5. The Morgan fingerprint density at radius 3 is 1.58 bits per heavy atom. The van der Waals surface area contributed by atoms with Gasteiger partial charge in [-0.1, -0.05) is 127 Å². The van der Waals surface area contributed by atoms with Crippen molar-refractivity contribution in [2.45, 2.75) is 0 Å². The van der Waals surface area contributed by atoms with Crippen LogP contribution >= 0.6 is 0 Å². The summed E-state index contributed by atoms with van der Waals surface area (Å²) in [7, 11) is 0. The van der Waals surface area contributed by atoms with E-state index in [9.17, 15) is 0 Å². The van der Waals surface area contributed by atoms with Crippen LogP contribution in [0.1, 0.15) is 0 Å². The van der Waals surface area contributed by atoms with Gasteiger partial charge in [0.05, 0.1) is 11.4 Å². The summed E-state index contributed by atoms with van der Waals surface area (Å²) < 4.78 is 6.58. The number of hydrogen-bond acceptors (Lipinski definition) is 4. The topological polar surface area (TPSA) is 51.8 Å². The molecule has 0 N–H and O–H groups in total. The highest BCUT2D eigenvalue weighted by atomic mass is 16.3. The Labute approximate surface area is 249 Å². The van der Waals surface area contributed by atoms with E-state index in [4.69, 9.17) is 19.4 Å². The lowest BCUT2D eigenvalue weighted by Crippen LogP contribution is -1.96. The molecule has 8 aromatic rings. The largest absolute Gasteiger partial charge is 0.453 e. The molecule has 3 heterocycles. The van der Waals surface area contributed by atoms with E-state index in [0.717, 1.165) is 72.4 Å². The van der Waals surface area contributed by atoms with Crippen molar-refractivity contribution in [2.75, 3.05) is 0 Å². The highest BCUT2D eigenvalue weighted by Crippen LogP contribution is 2.39. The number of fused-ring (bicyclic) bond motifs is 3. The normalized spacial score (nSPS) is 11.3. The molecule has 0 saturated carbocycles. The Bertz CT molecular complexity index is 2150. The SMILES string of the molecule is c1ccc(-c2cc(-c3ccccc3)nc(-c3ccc(-c4ccnc5c4oc4c(-c6ccccc6)cccc45)cc3)n2)cc1. The van der Waals surface area contributed by atoms with Gasteiger partial charge in [-0.05, 0) is 29.3 Å². The molecule has 0 aliphatic heterocycles. The molecule has 8 rings (SSSR count). The van der Waals surface area contributed by atoms with Crippen molar-refractivity contribution >= 4 is 22.1 Å². The second kappa shape index (κ2) is 10.5. The van der Waals surface area contributed by atoms with Gasteiger partial charge < -0.3 is 4.42 Å². The predicted molar refractivity (Wildman–Crippen MR) is 174 cm³/mol. The molecule has 0 spiro atoms. The molecule has 0 aliphatic rings. The van der Waals surface area contributed by atoms with Gasteiger partial charge >= 0.3 is 0 Å². The first-order valence-electron chi connectivity index (χ1n) is 14.3. The van der Waals surface area contributed by atoms with Crippen molar-refractivity contribution in [3.05, 3.63) is 152 Å². The average Bonchev–Trinajstić information content (AvgIpc) is 3.49. The third-order valence-electron chi connectivity index (χ3n) is 7.78. The maximum atomic E-state index is 6.58. The van der Waals surface area contributed by atoms with Gasteiger partial charge in [0.15, 0.2) is 11.4 Å². The lowest BCUT2D eigenvalue weighted by atomic mass is 10.0. The van der Waals surface area contributed by atoms with Crippen LogP contribution in [0, 0.1) is 0 Å². The zero-order chi connectivity index (χ0) is 28.6. The Morgan fingerprint density at radius 1 is 0.419 bits per heavy atom. The number of nitrogens with zero attached hydrogens (tertiary/aromatic N) is 3. The van der Waals surface area contributed by atoms with Crippen LogP contribution < -0.4 is 0 Å². The molecule has 4 heteroatoms. The van der Waals surface area contributed by atoms with Crippen molar-refractivity contribution in [3.8, 4) is 56.2 Å². The molecule has 0 aliphatic carbocycles. The van der Waals surface area contributed by atoms with Crippen molar-refractivity contribution in [3.63, 3.8) is 0 Å². The Kier molecular flexibility index (Phi) is 6.08. The second-order valence-corrected chi connectivity index (χ2v) is 10.5. The Balaban J connectivity index is 1.23. The fourth-order valence-electron chi connectivity index (χ4n) is 5.64. The number of aromatic nitrogens is 3. The van der Waals surface area contributed by atoms with Gasteiger partial charge in [0.2, 0.25) is 0 Å². The highest BCUT2D eigenvalue weighted by molar-refractivity contribution is 6.11. The maximum Gasteiger partial charge on any atom is 0.161 e. The number of rotatable bonds is 5. The van der Waals surface area contributed by atoms with Crippen molar-refractivity contribution in [1.82, 2.24) is 15.0 Å². The summed E-state index contributed by atoms with van der Waals surface area (Å²) in [6.07, 6.45) is 1.86. The molecule has 0 saturated heterocycles. The first-order valence-corrected chi connectivity index (χ1v) is 14.3. The van der Waals surface area contributed by atoms with Crippen LogP contribution in [0.3, 0.4) is 0 Å². The fourth-order valence-corrected chi connectivity index (χ4v) is 5.64. The molecule has 43 heavy (non-hydrogen) atoms. The van der Waals surface area contributed by atoms with Gasteiger partial charge in [0, 0.05) is 39.4 Å². The van der Waals surface area contributed by atoms with E-state index in [0.29, 0.717) is 5.82 Å². The molecular weight excluding hydrogens is 526 g/mol. The minimum Gasteiger partial charge on any atom is -0.453 e. The first-order chi connectivity index (χ1) is 21.3. The van der Waals surface area contributed by atoms with Gasteiger partial charge in [-0.15, -0.1) is 0 Å². The van der Waals surface area contributed by atoms with Crippen molar-refractivity contribution < 1.29 is 4.42 Å². The van der Waals surface area contributed by atoms with Crippen molar-refractivity contribution in [2.24, 2.45) is 0 Å². The second-order valence-electron chi connectivity index (χ2n) is 10.5. The van der Waals surface area contributed by atoms with Crippen LogP contribution in [0.4, 0.5) is 0 Å². The van der Waals surface area contributed by atoms with Crippen molar-refractivity contribution in [1.29, 1.82) is 0 Å². The molecule has 0 atom stereocenters. The zero-order valence-corrected chi connectivity index (χ0v) is 23.2. The van der Waals surface area contributed by atoms with Gasteiger partial charge in [0.1, 0.15) is 11.1 Å². The maximum absolute atomic E-state index is 6.58. The number of para-hydroxylation sites is 1. The lowest BCUT2D eigenvalue weighted by molar-refractivity contribution is 0.670. The summed E-state index contributed by atoms with van der Waals surface area (Å²) in [5.74, 6) is 0.683. The summed E-state index contributed by atoms with van der Waals surface area (Å²) >= 11 is 0. The Hall–Kier alpha value is -5.87. The smallest absolute Gasteiger partial charge is 0.161 e. The quantitative estimate of drug-likeness (QED) is 0.214.